The number of oxime groups is 1. The maximum atomic E-state index is 9.28. The highest BCUT2D eigenvalue weighted by Gasteiger charge is 2.20. The molecule has 0 unspecified atom stereocenters. The highest BCUT2D eigenvalue weighted by molar-refractivity contribution is 6.00. The lowest BCUT2D eigenvalue weighted by Gasteiger charge is -2.35. The smallest absolute Gasteiger partial charge is 0.146 e. The maximum absolute atomic E-state index is 9.28. The largest absolute Gasteiger partial charge is 0.411 e. The Kier molecular flexibility index (Phi) is 5.60. The summed E-state index contributed by atoms with van der Waals surface area (Å²) >= 11 is 0. The summed E-state index contributed by atoms with van der Waals surface area (Å²) in [5, 5.41) is 22.0. The molecule has 1 saturated heterocycles. The van der Waals surface area contributed by atoms with Crippen molar-refractivity contribution in [1.29, 1.82) is 5.26 Å². The fourth-order valence-electron chi connectivity index (χ4n) is 3.07. The van der Waals surface area contributed by atoms with E-state index in [1.807, 2.05) is 30.3 Å². The van der Waals surface area contributed by atoms with Crippen molar-refractivity contribution in [3.8, 4) is 6.07 Å². The third-order valence-corrected chi connectivity index (χ3v) is 4.47. The highest BCUT2D eigenvalue weighted by Crippen LogP contribution is 2.18. The van der Waals surface area contributed by atoms with E-state index in [2.05, 4.69) is 26.0 Å². The molecule has 6 nitrogen and oxygen atoms in total. The minimum absolute atomic E-state index is 0.620. The molecule has 2 heterocycles. The van der Waals surface area contributed by atoms with Crippen LogP contribution in [0.25, 0.3) is 0 Å². The van der Waals surface area contributed by atoms with Crippen LogP contribution in [0.2, 0.25) is 0 Å². The number of nitrogens with zero attached hydrogens (tertiary/aromatic N) is 5. The molecule has 128 valence electrons. The number of nitriles is 1. The van der Waals surface area contributed by atoms with Gasteiger partial charge in [0.15, 0.2) is 0 Å². The Morgan fingerprint density at radius 1 is 1.12 bits per heavy atom. The lowest BCUT2D eigenvalue weighted by atomic mass is 10.1. The zero-order valence-corrected chi connectivity index (χ0v) is 14.0. The zero-order chi connectivity index (χ0) is 17.5. The van der Waals surface area contributed by atoms with Crippen LogP contribution in [0.5, 0.6) is 0 Å². The number of hydrogen-bond acceptors (Lipinski definition) is 6. The third-order valence-electron chi connectivity index (χ3n) is 4.47. The van der Waals surface area contributed by atoms with Gasteiger partial charge in [0.05, 0.1) is 11.3 Å². The van der Waals surface area contributed by atoms with Gasteiger partial charge in [-0.05, 0) is 17.7 Å². The van der Waals surface area contributed by atoms with E-state index < -0.39 is 0 Å². The molecule has 0 saturated carbocycles. The van der Waals surface area contributed by atoms with E-state index >= 15 is 0 Å². The van der Waals surface area contributed by atoms with Gasteiger partial charge < -0.3 is 10.1 Å². The van der Waals surface area contributed by atoms with Gasteiger partial charge in [0, 0.05) is 45.3 Å². The first-order valence-corrected chi connectivity index (χ1v) is 8.40. The van der Waals surface area contributed by atoms with Crippen LogP contribution in [-0.4, -0.2) is 53.5 Å². The van der Waals surface area contributed by atoms with E-state index in [9.17, 15) is 10.5 Å². The molecule has 1 fully saturated rings. The summed E-state index contributed by atoms with van der Waals surface area (Å²) < 4.78 is 0. The van der Waals surface area contributed by atoms with Crippen LogP contribution in [0.1, 0.15) is 17.5 Å². The van der Waals surface area contributed by atoms with Crippen LogP contribution in [0, 0.1) is 11.3 Å². The lowest BCUT2D eigenvalue weighted by Crippen LogP contribution is -2.47. The maximum Gasteiger partial charge on any atom is 0.146 e. The summed E-state index contributed by atoms with van der Waals surface area (Å²) in [4.78, 5) is 8.86. The molecular formula is C19H21N5O. The molecule has 0 atom stereocenters. The first-order chi connectivity index (χ1) is 12.3. The average Bonchev–Trinajstić information content (AvgIpc) is 2.70. The topological polar surface area (TPSA) is 75.8 Å². The fraction of sp³-hybridized carbons (Fsp3) is 0.316. The summed E-state index contributed by atoms with van der Waals surface area (Å²) in [7, 11) is 0. The normalized spacial score (nSPS) is 15.8. The van der Waals surface area contributed by atoms with E-state index in [0.717, 1.165) is 44.1 Å². The summed E-state index contributed by atoms with van der Waals surface area (Å²) in [6, 6.07) is 15.5. The molecule has 0 spiro atoms. The van der Waals surface area contributed by atoms with Crippen molar-refractivity contribution in [3.63, 3.8) is 0 Å². The predicted molar refractivity (Wildman–Crippen MR) is 97.0 cm³/mol. The molecule has 0 bridgehead atoms. The summed E-state index contributed by atoms with van der Waals surface area (Å²) in [6.07, 6.45) is 2.43. The van der Waals surface area contributed by atoms with E-state index in [1.54, 1.807) is 18.3 Å². The Labute approximate surface area is 147 Å². The number of pyridine rings is 1. The van der Waals surface area contributed by atoms with Crippen LogP contribution in [0.4, 0.5) is 5.82 Å². The first-order valence-electron chi connectivity index (χ1n) is 8.40. The van der Waals surface area contributed by atoms with E-state index in [0.29, 0.717) is 17.7 Å². The molecule has 1 aliphatic rings. The van der Waals surface area contributed by atoms with Gasteiger partial charge in [-0.25, -0.2) is 4.98 Å². The van der Waals surface area contributed by atoms with E-state index in [4.69, 9.17) is 0 Å². The molecule has 0 amide bonds. The second-order valence-electron chi connectivity index (χ2n) is 5.98. The summed E-state index contributed by atoms with van der Waals surface area (Å²) in [6.45, 7) is 4.31. The number of benzene rings is 1. The molecule has 2 aromatic rings. The average molecular weight is 335 g/mol. The van der Waals surface area contributed by atoms with Crippen molar-refractivity contribution < 1.29 is 5.21 Å². The van der Waals surface area contributed by atoms with Crippen molar-refractivity contribution in [2.45, 2.75) is 6.42 Å². The lowest BCUT2D eigenvalue weighted by molar-refractivity contribution is 0.262. The van der Waals surface area contributed by atoms with Gasteiger partial charge in [0.25, 0.3) is 0 Å². The SMILES string of the molecule is N#Cc1cccnc1N1CCN(CC/C(=N\O)c2ccccc2)CC1. The molecule has 6 heteroatoms. The van der Waals surface area contributed by atoms with Crippen molar-refractivity contribution in [1.82, 2.24) is 9.88 Å². The Morgan fingerprint density at radius 2 is 1.88 bits per heavy atom. The molecule has 3 rings (SSSR count). The minimum atomic E-state index is 0.620. The Balaban J connectivity index is 1.54. The predicted octanol–water partition coefficient (Wildman–Crippen LogP) is 2.34. The molecule has 0 aliphatic carbocycles. The van der Waals surface area contributed by atoms with Gasteiger partial charge in [0.2, 0.25) is 0 Å². The molecule has 1 aromatic heterocycles. The molecule has 25 heavy (non-hydrogen) atoms. The van der Waals surface area contributed by atoms with Gasteiger partial charge in [-0.2, -0.15) is 5.26 Å². The second kappa shape index (κ2) is 8.27. The van der Waals surface area contributed by atoms with Gasteiger partial charge in [-0.15, -0.1) is 0 Å². The molecule has 0 radical (unpaired) electrons. The molecule has 1 N–H and O–H groups in total. The van der Waals surface area contributed by atoms with Gasteiger partial charge in [-0.3, -0.25) is 4.90 Å². The second-order valence-corrected chi connectivity index (χ2v) is 5.98. The minimum Gasteiger partial charge on any atom is -0.411 e. The van der Waals surface area contributed by atoms with Gasteiger partial charge in [0.1, 0.15) is 11.9 Å². The number of hydrogen-bond donors (Lipinski definition) is 1. The standard InChI is InChI=1S/C19H21N5O/c20-15-17-7-4-9-21-19(17)24-13-11-23(12-14-24)10-8-18(22-25)16-5-2-1-3-6-16/h1-7,9,25H,8,10-14H2/b22-18+. The molecular weight excluding hydrogens is 314 g/mol. The third kappa shape index (κ3) is 4.14. The number of anilines is 1. The van der Waals surface area contributed by atoms with E-state index in [1.165, 1.54) is 0 Å². The van der Waals surface area contributed by atoms with Gasteiger partial charge in [-0.1, -0.05) is 35.5 Å². The number of aromatic nitrogens is 1. The van der Waals surface area contributed by atoms with Gasteiger partial charge >= 0.3 is 0 Å². The molecule has 1 aliphatic heterocycles. The van der Waals surface area contributed by atoms with Crippen molar-refractivity contribution >= 4 is 11.5 Å². The Bertz CT molecular complexity index is 761. The van der Waals surface area contributed by atoms with Crippen LogP contribution < -0.4 is 4.90 Å². The highest BCUT2D eigenvalue weighted by atomic mass is 16.4. The van der Waals surface area contributed by atoms with Crippen molar-refractivity contribution in [2.75, 3.05) is 37.6 Å². The zero-order valence-electron chi connectivity index (χ0n) is 14.0. The number of rotatable bonds is 5. The Hall–Kier alpha value is -2.91. The quantitative estimate of drug-likeness (QED) is 0.516. The Morgan fingerprint density at radius 3 is 2.56 bits per heavy atom. The van der Waals surface area contributed by atoms with Crippen LogP contribution in [0.3, 0.4) is 0 Å². The first kappa shape index (κ1) is 16.9. The van der Waals surface area contributed by atoms with Crippen molar-refractivity contribution in [2.24, 2.45) is 5.16 Å². The summed E-state index contributed by atoms with van der Waals surface area (Å²) in [5.74, 6) is 0.770. The van der Waals surface area contributed by atoms with E-state index in [-0.39, 0.29) is 0 Å². The van der Waals surface area contributed by atoms with Crippen molar-refractivity contribution in [3.05, 3.63) is 59.8 Å². The van der Waals surface area contributed by atoms with Crippen LogP contribution >= 0.6 is 0 Å². The molecule has 1 aromatic carbocycles. The van der Waals surface area contributed by atoms with Crippen LogP contribution in [0.15, 0.2) is 53.8 Å². The fourth-order valence-corrected chi connectivity index (χ4v) is 3.07. The summed E-state index contributed by atoms with van der Waals surface area (Å²) in [5.41, 5.74) is 2.28. The van der Waals surface area contributed by atoms with Crippen LogP contribution in [-0.2, 0) is 0 Å². The monoisotopic (exact) mass is 335 g/mol. The number of piperazine rings is 1.